The first-order valence-electron chi connectivity index (χ1n) is 8.23. The van der Waals surface area contributed by atoms with Crippen molar-refractivity contribution in [3.05, 3.63) is 59.8 Å². The average Bonchev–Trinajstić information content (AvgIpc) is 3.15. The maximum absolute atomic E-state index is 12.3. The number of alkyl halides is 3. The molecular formula is C18H20F3N3O3. The molecule has 146 valence electrons. The lowest BCUT2D eigenvalue weighted by Crippen LogP contribution is -2.22. The molecule has 27 heavy (non-hydrogen) atoms. The number of halogens is 3. The first-order chi connectivity index (χ1) is 12.8. The third-order valence-electron chi connectivity index (χ3n) is 3.85. The number of hydrogen-bond donors (Lipinski definition) is 4. The number of carboxylic acids is 1. The zero-order valence-corrected chi connectivity index (χ0v) is 14.3. The Hall–Kier alpha value is -2.65. The zero-order valence-electron chi connectivity index (χ0n) is 14.3. The van der Waals surface area contributed by atoms with E-state index in [4.69, 9.17) is 10.2 Å². The number of anilines is 1. The van der Waals surface area contributed by atoms with Crippen molar-refractivity contribution in [1.29, 1.82) is 0 Å². The van der Waals surface area contributed by atoms with E-state index in [0.717, 1.165) is 31.8 Å². The number of nitrogens with one attached hydrogen (secondary N) is 2. The molecule has 1 saturated heterocycles. The monoisotopic (exact) mass is 383 g/mol. The Labute approximate surface area is 154 Å². The summed E-state index contributed by atoms with van der Waals surface area (Å²) >= 11 is 0. The molecule has 1 aromatic heterocycles. The summed E-state index contributed by atoms with van der Waals surface area (Å²) in [4.78, 5) is 14.0. The summed E-state index contributed by atoms with van der Waals surface area (Å²) in [6, 6.07) is 10.9. The number of aromatic nitrogens is 1. The maximum atomic E-state index is 12.3. The van der Waals surface area contributed by atoms with Gasteiger partial charge in [0, 0.05) is 18.8 Å². The number of carbonyl (C=O) groups is 1. The molecule has 3 rings (SSSR count). The van der Waals surface area contributed by atoms with Crippen LogP contribution in [0.2, 0.25) is 0 Å². The second-order valence-electron chi connectivity index (χ2n) is 5.92. The lowest BCUT2D eigenvalue weighted by Gasteiger charge is -2.12. The minimum atomic E-state index is -4.32. The molecule has 0 amide bonds. The fourth-order valence-electron chi connectivity index (χ4n) is 2.41. The minimum absolute atomic E-state index is 0.254. The normalized spacial score (nSPS) is 17.6. The third-order valence-corrected chi connectivity index (χ3v) is 3.85. The topological polar surface area (TPSA) is 94.5 Å². The van der Waals surface area contributed by atoms with Crippen molar-refractivity contribution in [1.82, 2.24) is 10.3 Å². The van der Waals surface area contributed by atoms with Crippen LogP contribution in [0.5, 0.6) is 0 Å². The van der Waals surface area contributed by atoms with E-state index in [2.05, 4.69) is 15.6 Å². The van der Waals surface area contributed by atoms with Crippen LogP contribution in [-0.4, -0.2) is 40.3 Å². The van der Waals surface area contributed by atoms with Gasteiger partial charge in [0.2, 0.25) is 0 Å². The van der Waals surface area contributed by atoms with E-state index in [9.17, 15) is 18.0 Å². The van der Waals surface area contributed by atoms with Gasteiger partial charge >= 0.3 is 12.1 Å². The van der Waals surface area contributed by atoms with Gasteiger partial charge in [0.25, 0.3) is 0 Å². The van der Waals surface area contributed by atoms with Crippen LogP contribution in [0.4, 0.5) is 19.0 Å². The van der Waals surface area contributed by atoms with Crippen molar-refractivity contribution in [2.24, 2.45) is 0 Å². The average molecular weight is 383 g/mol. The number of hydrogen-bond acceptors (Lipinski definition) is 5. The van der Waals surface area contributed by atoms with E-state index < -0.39 is 23.8 Å². The second-order valence-corrected chi connectivity index (χ2v) is 5.92. The van der Waals surface area contributed by atoms with Crippen LogP contribution in [0.25, 0.3) is 0 Å². The Bertz CT molecular complexity index is 718. The molecule has 0 radical (unpaired) electrons. The summed E-state index contributed by atoms with van der Waals surface area (Å²) in [5.41, 5.74) is -0.317. The molecule has 0 saturated carbocycles. The van der Waals surface area contributed by atoms with Gasteiger partial charge in [-0.15, -0.1) is 0 Å². The van der Waals surface area contributed by atoms with Gasteiger partial charge in [-0.1, -0.05) is 30.3 Å². The lowest BCUT2D eigenvalue weighted by molar-refractivity contribution is -0.147. The van der Waals surface area contributed by atoms with E-state index >= 15 is 0 Å². The number of aliphatic hydroxyl groups excluding tert-OH is 1. The van der Waals surface area contributed by atoms with E-state index in [1.807, 2.05) is 0 Å². The highest BCUT2D eigenvalue weighted by Crippen LogP contribution is 2.28. The summed E-state index contributed by atoms with van der Waals surface area (Å²) in [6.07, 6.45) is -3.91. The van der Waals surface area contributed by atoms with Crippen molar-refractivity contribution in [3.8, 4) is 0 Å². The molecule has 2 atom stereocenters. The Kier molecular flexibility index (Phi) is 7.14. The highest BCUT2D eigenvalue weighted by atomic mass is 19.4. The van der Waals surface area contributed by atoms with Gasteiger partial charge in [-0.2, -0.15) is 13.2 Å². The van der Waals surface area contributed by atoms with Gasteiger partial charge in [-0.25, -0.2) is 9.78 Å². The quantitative estimate of drug-likeness (QED) is 0.649. The third kappa shape index (κ3) is 6.54. The Balaban J connectivity index is 0.000000208. The molecule has 4 N–H and O–H groups in total. The summed E-state index contributed by atoms with van der Waals surface area (Å²) in [5.74, 6) is -0.738. The Morgan fingerprint density at radius 1 is 1.22 bits per heavy atom. The molecule has 9 heteroatoms. The van der Waals surface area contributed by atoms with Crippen LogP contribution in [0.15, 0.2) is 48.7 Å². The maximum Gasteiger partial charge on any atom is 0.417 e. The Morgan fingerprint density at radius 3 is 2.41 bits per heavy atom. The summed E-state index contributed by atoms with van der Waals surface area (Å²) in [6.45, 7) is 1.75. The van der Waals surface area contributed by atoms with Gasteiger partial charge < -0.3 is 20.8 Å². The first kappa shape index (κ1) is 20.7. The van der Waals surface area contributed by atoms with E-state index in [1.165, 1.54) is 6.07 Å². The fourth-order valence-corrected chi connectivity index (χ4v) is 2.41. The molecule has 0 bridgehead atoms. The molecule has 1 aliphatic rings. The number of pyridine rings is 1. The molecule has 1 fully saturated rings. The predicted octanol–water partition coefficient (Wildman–Crippen LogP) is 2.68. The van der Waals surface area contributed by atoms with Crippen molar-refractivity contribution in [2.75, 3.05) is 18.4 Å². The van der Waals surface area contributed by atoms with Crippen LogP contribution in [-0.2, 0) is 11.0 Å². The van der Waals surface area contributed by atoms with Gasteiger partial charge in [0.05, 0.1) is 5.56 Å². The van der Waals surface area contributed by atoms with Crippen LogP contribution in [0.3, 0.4) is 0 Å². The number of benzene rings is 1. The highest BCUT2D eigenvalue weighted by Gasteiger charge is 2.30. The molecule has 1 aliphatic heterocycles. The van der Waals surface area contributed by atoms with E-state index in [1.54, 1.807) is 30.3 Å². The molecule has 0 spiro atoms. The molecule has 0 aliphatic carbocycles. The Morgan fingerprint density at radius 2 is 1.93 bits per heavy atom. The highest BCUT2D eigenvalue weighted by molar-refractivity contribution is 5.73. The fraction of sp³-hybridized carbons (Fsp3) is 0.333. The summed E-state index contributed by atoms with van der Waals surface area (Å²) in [5, 5.41) is 23.6. The van der Waals surface area contributed by atoms with Crippen LogP contribution in [0, 0.1) is 0 Å². The molecular weight excluding hydrogens is 363 g/mol. The smallest absolute Gasteiger partial charge is 0.417 e. The van der Waals surface area contributed by atoms with Gasteiger partial charge in [-0.3, -0.25) is 0 Å². The first-order valence-corrected chi connectivity index (χ1v) is 8.23. The number of aliphatic carboxylic acids is 1. The van der Waals surface area contributed by atoms with E-state index in [-0.39, 0.29) is 6.04 Å². The van der Waals surface area contributed by atoms with Gasteiger partial charge in [0.15, 0.2) is 6.10 Å². The van der Waals surface area contributed by atoms with Gasteiger partial charge in [0.1, 0.15) is 5.82 Å². The molecule has 1 aromatic carbocycles. The molecule has 2 heterocycles. The standard InChI is InChI=1S/C10H12F3N3.C8H8O3/c11-10(12,13)7-1-2-9(15-5-7)16-8-3-4-14-6-8;9-7(8(10)11)6-4-2-1-3-5-6/h1-2,5,8,14H,3-4,6H2,(H,15,16);1-5,7,9H,(H,10,11)/t8-;/m0./s1. The predicted molar refractivity (Wildman–Crippen MR) is 93.2 cm³/mol. The number of nitrogens with zero attached hydrogens (tertiary/aromatic N) is 1. The van der Waals surface area contributed by atoms with Crippen LogP contribution >= 0.6 is 0 Å². The van der Waals surface area contributed by atoms with Crippen molar-refractivity contribution in [3.63, 3.8) is 0 Å². The largest absolute Gasteiger partial charge is 0.479 e. The van der Waals surface area contributed by atoms with Crippen molar-refractivity contribution >= 4 is 11.8 Å². The lowest BCUT2D eigenvalue weighted by atomic mass is 10.1. The van der Waals surface area contributed by atoms with E-state index in [0.29, 0.717) is 11.4 Å². The zero-order chi connectivity index (χ0) is 19.9. The number of carboxylic acid groups (broad SMARTS) is 1. The van der Waals surface area contributed by atoms with Crippen LogP contribution in [0.1, 0.15) is 23.7 Å². The number of aliphatic hydroxyl groups is 1. The molecule has 1 unspecified atom stereocenters. The molecule has 2 aromatic rings. The minimum Gasteiger partial charge on any atom is -0.479 e. The van der Waals surface area contributed by atoms with Crippen LogP contribution < -0.4 is 10.6 Å². The van der Waals surface area contributed by atoms with Gasteiger partial charge in [-0.05, 0) is 30.7 Å². The summed E-state index contributed by atoms with van der Waals surface area (Å²) in [7, 11) is 0. The second kappa shape index (κ2) is 9.33. The van der Waals surface area contributed by atoms with Crippen molar-refractivity contribution in [2.45, 2.75) is 24.7 Å². The number of rotatable bonds is 4. The van der Waals surface area contributed by atoms with Crippen molar-refractivity contribution < 1.29 is 28.2 Å². The SMILES string of the molecule is FC(F)(F)c1ccc(N[C@H]2CCNC2)nc1.O=C(O)C(O)c1ccccc1. The summed E-state index contributed by atoms with van der Waals surface area (Å²) < 4.78 is 36.8. The molecule has 6 nitrogen and oxygen atoms in total.